The molecule has 1 atom stereocenters. The van der Waals surface area contributed by atoms with E-state index in [4.69, 9.17) is 0 Å². The Morgan fingerprint density at radius 3 is 2.59 bits per heavy atom. The van der Waals surface area contributed by atoms with E-state index in [-0.39, 0.29) is 12.1 Å². The lowest BCUT2D eigenvalue weighted by molar-refractivity contribution is 0.170. The maximum Gasteiger partial charge on any atom is 0.319 e. The van der Waals surface area contributed by atoms with E-state index >= 15 is 0 Å². The van der Waals surface area contributed by atoms with E-state index in [1.165, 1.54) is 12.1 Å². The predicted molar refractivity (Wildman–Crippen MR) is 101 cm³/mol. The van der Waals surface area contributed by atoms with Gasteiger partial charge >= 0.3 is 6.03 Å². The van der Waals surface area contributed by atoms with Gasteiger partial charge in [0.15, 0.2) is 0 Å². The number of amides is 2. The number of benzene rings is 2. The average Bonchev–Trinajstić information content (AvgIpc) is 2.98. The topological polar surface area (TPSA) is 79.2 Å². The number of anilines is 1. The van der Waals surface area contributed by atoms with Crippen LogP contribution in [-0.4, -0.2) is 27.5 Å². The molecule has 1 aromatic heterocycles. The molecule has 7 heteroatoms. The van der Waals surface area contributed by atoms with Gasteiger partial charge in [-0.2, -0.15) is 5.10 Å². The quantitative estimate of drug-likeness (QED) is 0.645. The number of urea groups is 1. The van der Waals surface area contributed by atoms with Crippen LogP contribution in [0.2, 0.25) is 0 Å². The second kappa shape index (κ2) is 8.01. The van der Waals surface area contributed by atoms with E-state index in [9.17, 15) is 14.3 Å². The lowest BCUT2D eigenvalue weighted by Gasteiger charge is -2.15. The summed E-state index contributed by atoms with van der Waals surface area (Å²) < 4.78 is 15.4. The first kappa shape index (κ1) is 18.6. The van der Waals surface area contributed by atoms with Gasteiger partial charge in [-0.3, -0.25) is 0 Å². The van der Waals surface area contributed by atoms with Crippen LogP contribution in [0.5, 0.6) is 0 Å². The van der Waals surface area contributed by atoms with Crippen molar-refractivity contribution in [2.75, 3.05) is 11.9 Å². The number of aromatic nitrogens is 2. The number of hydrogen-bond donors (Lipinski definition) is 3. The van der Waals surface area contributed by atoms with Crippen molar-refractivity contribution >= 4 is 11.7 Å². The van der Waals surface area contributed by atoms with E-state index in [1.54, 1.807) is 28.9 Å². The Morgan fingerprint density at radius 1 is 1.19 bits per heavy atom. The molecule has 0 fully saturated rings. The zero-order valence-electron chi connectivity index (χ0n) is 15.1. The van der Waals surface area contributed by atoms with E-state index in [1.807, 2.05) is 32.0 Å². The molecule has 3 aromatic rings. The number of aliphatic hydroxyl groups excluding tert-OH is 1. The van der Waals surface area contributed by atoms with Crippen molar-refractivity contribution in [3.05, 3.63) is 77.4 Å². The average molecular weight is 368 g/mol. The van der Waals surface area contributed by atoms with E-state index < -0.39 is 18.0 Å². The minimum Gasteiger partial charge on any atom is -0.386 e. The summed E-state index contributed by atoms with van der Waals surface area (Å²) in [5, 5.41) is 19.8. The number of aliphatic hydroxyl groups is 1. The van der Waals surface area contributed by atoms with E-state index in [0.29, 0.717) is 5.69 Å². The molecule has 0 aliphatic rings. The Labute approximate surface area is 156 Å². The molecule has 0 spiro atoms. The molecule has 0 unspecified atom stereocenters. The Morgan fingerprint density at radius 2 is 1.89 bits per heavy atom. The van der Waals surface area contributed by atoms with Crippen LogP contribution >= 0.6 is 0 Å². The fourth-order valence-electron chi connectivity index (χ4n) is 2.85. The third kappa shape index (κ3) is 4.32. The van der Waals surface area contributed by atoms with Gasteiger partial charge < -0.3 is 15.7 Å². The SMILES string of the molecule is Cc1cc(C)n(-c2ccccc2NC(=O)NC[C@H](O)c2ccccc2F)n1. The highest BCUT2D eigenvalue weighted by Crippen LogP contribution is 2.21. The number of aryl methyl sites for hydroxylation is 2. The van der Waals surface area contributed by atoms with E-state index in [0.717, 1.165) is 17.1 Å². The largest absolute Gasteiger partial charge is 0.386 e. The molecule has 2 aromatic carbocycles. The molecule has 1 heterocycles. The first-order chi connectivity index (χ1) is 13.0. The van der Waals surface area contributed by atoms with Crippen LogP contribution in [-0.2, 0) is 0 Å². The molecule has 3 N–H and O–H groups in total. The van der Waals surface area contributed by atoms with E-state index in [2.05, 4.69) is 15.7 Å². The van der Waals surface area contributed by atoms with Crippen molar-refractivity contribution in [1.82, 2.24) is 15.1 Å². The number of carbonyl (C=O) groups excluding carboxylic acids is 1. The number of hydrogen-bond acceptors (Lipinski definition) is 3. The first-order valence-corrected chi connectivity index (χ1v) is 8.55. The fourth-order valence-corrected chi connectivity index (χ4v) is 2.85. The van der Waals surface area contributed by atoms with Crippen molar-refractivity contribution in [3.63, 3.8) is 0 Å². The van der Waals surface area contributed by atoms with Gasteiger partial charge in [-0.05, 0) is 38.1 Å². The molecule has 0 saturated carbocycles. The molecule has 0 bridgehead atoms. The number of rotatable bonds is 5. The predicted octanol–water partition coefficient (Wildman–Crippen LogP) is 3.48. The van der Waals surface area contributed by atoms with Crippen molar-refractivity contribution in [2.24, 2.45) is 0 Å². The molecule has 0 saturated heterocycles. The van der Waals surface area contributed by atoms with Gasteiger partial charge in [0.2, 0.25) is 0 Å². The van der Waals surface area contributed by atoms with Gasteiger partial charge in [-0.15, -0.1) is 0 Å². The summed E-state index contributed by atoms with van der Waals surface area (Å²) in [7, 11) is 0. The lowest BCUT2D eigenvalue weighted by atomic mass is 10.1. The fraction of sp³-hybridized carbons (Fsp3) is 0.200. The summed E-state index contributed by atoms with van der Waals surface area (Å²) in [4.78, 5) is 12.3. The van der Waals surface area contributed by atoms with Crippen molar-refractivity contribution < 1.29 is 14.3 Å². The summed E-state index contributed by atoms with van der Waals surface area (Å²) in [6.07, 6.45) is -1.14. The third-order valence-corrected chi connectivity index (χ3v) is 4.11. The van der Waals surface area contributed by atoms with Gasteiger partial charge in [0.25, 0.3) is 0 Å². The molecule has 6 nitrogen and oxygen atoms in total. The smallest absolute Gasteiger partial charge is 0.319 e. The Kier molecular flexibility index (Phi) is 5.52. The molecule has 3 rings (SSSR count). The highest BCUT2D eigenvalue weighted by atomic mass is 19.1. The van der Waals surface area contributed by atoms with Crippen molar-refractivity contribution in [3.8, 4) is 5.69 Å². The molecule has 0 aliphatic carbocycles. The van der Waals surface area contributed by atoms with Crippen LogP contribution < -0.4 is 10.6 Å². The summed E-state index contributed by atoms with van der Waals surface area (Å²) in [6.45, 7) is 3.72. The number of halogens is 1. The van der Waals surface area contributed by atoms with Crippen LogP contribution in [0.3, 0.4) is 0 Å². The van der Waals surface area contributed by atoms with Gasteiger partial charge in [0.1, 0.15) is 5.82 Å². The number of nitrogens with one attached hydrogen (secondary N) is 2. The monoisotopic (exact) mass is 368 g/mol. The second-order valence-electron chi connectivity index (χ2n) is 6.23. The van der Waals surface area contributed by atoms with Crippen molar-refractivity contribution in [1.29, 1.82) is 0 Å². The zero-order valence-corrected chi connectivity index (χ0v) is 15.1. The van der Waals surface area contributed by atoms with Gasteiger partial charge in [-0.1, -0.05) is 30.3 Å². The normalized spacial score (nSPS) is 11.9. The Bertz CT molecular complexity index is 955. The Hall–Kier alpha value is -3.19. The number of carbonyl (C=O) groups is 1. The van der Waals surface area contributed by atoms with Crippen LogP contribution in [0.4, 0.5) is 14.9 Å². The second-order valence-corrected chi connectivity index (χ2v) is 6.23. The first-order valence-electron chi connectivity index (χ1n) is 8.55. The highest BCUT2D eigenvalue weighted by molar-refractivity contribution is 5.91. The summed E-state index contributed by atoms with van der Waals surface area (Å²) >= 11 is 0. The summed E-state index contributed by atoms with van der Waals surface area (Å²) in [5.74, 6) is -0.512. The minimum absolute atomic E-state index is 0.116. The molecular formula is C20H21FN4O2. The zero-order chi connectivity index (χ0) is 19.4. The molecule has 27 heavy (non-hydrogen) atoms. The van der Waals surface area contributed by atoms with Crippen LogP contribution in [0.15, 0.2) is 54.6 Å². The van der Waals surface area contributed by atoms with Crippen LogP contribution in [0.25, 0.3) is 5.69 Å². The summed E-state index contributed by atoms with van der Waals surface area (Å²) in [6, 6.07) is 14.6. The van der Waals surface area contributed by atoms with Crippen LogP contribution in [0, 0.1) is 19.7 Å². The molecule has 0 radical (unpaired) electrons. The maximum absolute atomic E-state index is 13.7. The minimum atomic E-state index is -1.14. The third-order valence-electron chi connectivity index (χ3n) is 4.11. The maximum atomic E-state index is 13.7. The molecule has 140 valence electrons. The molecule has 2 amide bonds. The highest BCUT2D eigenvalue weighted by Gasteiger charge is 2.15. The molecule has 0 aliphatic heterocycles. The molecular weight excluding hydrogens is 347 g/mol. The Balaban J connectivity index is 1.68. The number of nitrogens with zero attached hydrogens (tertiary/aromatic N) is 2. The van der Waals surface area contributed by atoms with Gasteiger partial charge in [0, 0.05) is 17.8 Å². The summed E-state index contributed by atoms with van der Waals surface area (Å²) in [5.41, 5.74) is 3.26. The van der Waals surface area contributed by atoms with Crippen molar-refractivity contribution in [2.45, 2.75) is 20.0 Å². The van der Waals surface area contributed by atoms with Gasteiger partial charge in [0.05, 0.1) is 23.2 Å². The standard InChI is InChI=1S/C20H21FN4O2/c1-13-11-14(2)25(24-13)18-10-6-5-9-17(18)23-20(27)22-12-19(26)15-7-3-4-8-16(15)21/h3-11,19,26H,12H2,1-2H3,(H2,22,23,27)/t19-/m0/s1. The lowest BCUT2D eigenvalue weighted by Crippen LogP contribution is -2.33. The van der Waals surface area contributed by atoms with Gasteiger partial charge in [-0.25, -0.2) is 13.9 Å². The van der Waals surface area contributed by atoms with Crippen LogP contribution in [0.1, 0.15) is 23.1 Å². The number of para-hydroxylation sites is 2.